The second-order valence-electron chi connectivity index (χ2n) is 5.15. The minimum absolute atomic E-state index is 0.000804. The average molecular weight is 406 g/mol. The number of thioether (sulfide) groups is 1. The number of nitrogens with one attached hydrogen (secondary N) is 2. The SMILES string of the molecule is O=C(CSc1nnc(NC(=O)c2cccc(F)c2)s1)Nc1ccccc1F. The highest BCUT2D eigenvalue weighted by atomic mass is 32.2. The lowest BCUT2D eigenvalue weighted by atomic mass is 10.2. The molecule has 3 rings (SSSR count). The van der Waals surface area contributed by atoms with E-state index in [1.807, 2.05) is 0 Å². The van der Waals surface area contributed by atoms with Gasteiger partial charge in [-0.3, -0.25) is 14.9 Å². The molecule has 1 aromatic heterocycles. The molecule has 0 bridgehead atoms. The van der Waals surface area contributed by atoms with Crippen molar-refractivity contribution >= 4 is 45.7 Å². The molecule has 0 aliphatic carbocycles. The zero-order valence-electron chi connectivity index (χ0n) is 13.6. The van der Waals surface area contributed by atoms with E-state index in [1.54, 1.807) is 6.07 Å². The molecule has 0 aliphatic rings. The molecule has 0 saturated carbocycles. The monoisotopic (exact) mass is 406 g/mol. The van der Waals surface area contributed by atoms with Gasteiger partial charge in [-0.15, -0.1) is 10.2 Å². The van der Waals surface area contributed by atoms with Gasteiger partial charge in [-0.25, -0.2) is 8.78 Å². The van der Waals surface area contributed by atoms with Gasteiger partial charge in [0.05, 0.1) is 11.4 Å². The predicted octanol–water partition coefficient (Wildman–Crippen LogP) is 3.80. The van der Waals surface area contributed by atoms with Crippen molar-refractivity contribution in [2.75, 3.05) is 16.4 Å². The van der Waals surface area contributed by atoms with Gasteiger partial charge >= 0.3 is 0 Å². The number of amides is 2. The summed E-state index contributed by atoms with van der Waals surface area (Å²) in [6.45, 7) is 0. The Bertz CT molecular complexity index is 981. The molecule has 0 saturated heterocycles. The number of aromatic nitrogens is 2. The lowest BCUT2D eigenvalue weighted by Gasteiger charge is -2.04. The number of halogens is 2. The van der Waals surface area contributed by atoms with Crippen LogP contribution in [0.5, 0.6) is 0 Å². The molecule has 3 aromatic rings. The molecule has 0 atom stereocenters. The highest BCUT2D eigenvalue weighted by Gasteiger charge is 2.13. The van der Waals surface area contributed by atoms with E-state index in [-0.39, 0.29) is 22.1 Å². The molecule has 2 amide bonds. The van der Waals surface area contributed by atoms with Gasteiger partial charge in [0.2, 0.25) is 11.0 Å². The standard InChI is InChI=1S/C17H12F2N4O2S2/c18-11-5-3-4-10(8-11)15(25)21-16-22-23-17(27-16)26-9-14(24)20-13-7-2-1-6-12(13)19/h1-8H,9H2,(H,20,24)(H,21,22,25). The summed E-state index contributed by atoms with van der Waals surface area (Å²) in [6.07, 6.45) is 0. The molecule has 138 valence electrons. The van der Waals surface area contributed by atoms with Crippen molar-refractivity contribution in [1.29, 1.82) is 0 Å². The van der Waals surface area contributed by atoms with Crippen LogP contribution in [0, 0.1) is 11.6 Å². The van der Waals surface area contributed by atoms with Gasteiger partial charge in [0.1, 0.15) is 11.6 Å². The van der Waals surface area contributed by atoms with Crippen LogP contribution < -0.4 is 10.6 Å². The van der Waals surface area contributed by atoms with E-state index < -0.39 is 23.4 Å². The summed E-state index contributed by atoms with van der Waals surface area (Å²) in [5, 5.41) is 12.9. The number of anilines is 2. The van der Waals surface area contributed by atoms with Crippen molar-refractivity contribution in [3.05, 3.63) is 65.7 Å². The van der Waals surface area contributed by atoms with Crippen molar-refractivity contribution < 1.29 is 18.4 Å². The molecule has 10 heteroatoms. The molecule has 0 aliphatic heterocycles. The summed E-state index contributed by atoms with van der Waals surface area (Å²) in [6, 6.07) is 11.1. The molecule has 2 N–H and O–H groups in total. The third-order valence-corrected chi connectivity index (χ3v) is 5.16. The largest absolute Gasteiger partial charge is 0.323 e. The lowest BCUT2D eigenvalue weighted by molar-refractivity contribution is -0.113. The first kappa shape index (κ1) is 18.9. The van der Waals surface area contributed by atoms with Gasteiger partial charge in [0.15, 0.2) is 4.34 Å². The molecular weight excluding hydrogens is 394 g/mol. The van der Waals surface area contributed by atoms with Crippen LogP contribution in [-0.2, 0) is 4.79 Å². The van der Waals surface area contributed by atoms with Crippen LogP contribution >= 0.6 is 23.1 Å². The van der Waals surface area contributed by atoms with Gasteiger partial charge in [0.25, 0.3) is 5.91 Å². The number of hydrogen-bond acceptors (Lipinski definition) is 6. The number of benzene rings is 2. The quantitative estimate of drug-likeness (QED) is 0.481. The molecule has 0 radical (unpaired) electrons. The summed E-state index contributed by atoms with van der Waals surface area (Å²) < 4.78 is 27.1. The van der Waals surface area contributed by atoms with Crippen LogP contribution in [0.25, 0.3) is 0 Å². The van der Waals surface area contributed by atoms with Crippen molar-refractivity contribution in [3.8, 4) is 0 Å². The fourth-order valence-electron chi connectivity index (χ4n) is 1.99. The van der Waals surface area contributed by atoms with Gasteiger partial charge in [-0.2, -0.15) is 0 Å². The maximum absolute atomic E-state index is 13.5. The third-order valence-electron chi connectivity index (χ3n) is 3.19. The van der Waals surface area contributed by atoms with Gasteiger partial charge in [-0.05, 0) is 30.3 Å². The van der Waals surface area contributed by atoms with Crippen molar-refractivity contribution in [2.45, 2.75) is 4.34 Å². The van der Waals surface area contributed by atoms with Crippen LogP contribution in [0.4, 0.5) is 19.6 Å². The molecule has 27 heavy (non-hydrogen) atoms. The van der Waals surface area contributed by atoms with Gasteiger partial charge in [-0.1, -0.05) is 41.3 Å². The average Bonchev–Trinajstić information content (AvgIpc) is 3.09. The van der Waals surface area contributed by atoms with Crippen LogP contribution in [0.1, 0.15) is 10.4 Å². The Labute approximate surface area is 161 Å². The van der Waals surface area contributed by atoms with E-state index >= 15 is 0 Å². The number of hydrogen-bond donors (Lipinski definition) is 2. The zero-order valence-corrected chi connectivity index (χ0v) is 15.2. The summed E-state index contributed by atoms with van der Waals surface area (Å²) in [5.74, 6) is -1.95. The van der Waals surface area contributed by atoms with Crippen molar-refractivity contribution in [2.24, 2.45) is 0 Å². The van der Waals surface area contributed by atoms with Crippen LogP contribution in [0.2, 0.25) is 0 Å². The molecule has 0 fully saturated rings. The highest BCUT2D eigenvalue weighted by Crippen LogP contribution is 2.26. The second-order valence-corrected chi connectivity index (χ2v) is 7.35. The Hall–Kier alpha value is -2.85. The molecule has 1 heterocycles. The Kier molecular flexibility index (Phi) is 6.09. The molecule has 6 nitrogen and oxygen atoms in total. The third kappa shape index (κ3) is 5.31. The molecule has 0 unspecified atom stereocenters. The summed E-state index contributed by atoms with van der Waals surface area (Å²) in [7, 11) is 0. The van der Waals surface area contributed by atoms with Crippen molar-refractivity contribution in [3.63, 3.8) is 0 Å². The highest BCUT2D eigenvalue weighted by molar-refractivity contribution is 8.01. The van der Waals surface area contributed by atoms with Gasteiger partial charge < -0.3 is 5.32 Å². The lowest BCUT2D eigenvalue weighted by Crippen LogP contribution is -2.14. The predicted molar refractivity (Wildman–Crippen MR) is 100 cm³/mol. The summed E-state index contributed by atoms with van der Waals surface area (Å²) in [4.78, 5) is 23.9. The number of carbonyl (C=O) groups is 2. The van der Waals surface area contributed by atoms with E-state index in [4.69, 9.17) is 0 Å². The smallest absolute Gasteiger partial charge is 0.257 e. The Morgan fingerprint density at radius 3 is 2.63 bits per heavy atom. The minimum atomic E-state index is -0.519. The Morgan fingerprint density at radius 2 is 1.85 bits per heavy atom. The summed E-state index contributed by atoms with van der Waals surface area (Å²) >= 11 is 2.17. The van der Waals surface area contributed by atoms with Crippen LogP contribution in [0.3, 0.4) is 0 Å². The Balaban J connectivity index is 1.53. The maximum Gasteiger partial charge on any atom is 0.257 e. The number of carbonyl (C=O) groups excluding carboxylic acids is 2. The summed E-state index contributed by atoms with van der Waals surface area (Å²) in [5.41, 5.74) is 0.257. The molecule has 0 spiro atoms. The fourth-order valence-corrected chi connectivity index (χ4v) is 3.54. The zero-order chi connectivity index (χ0) is 19.2. The first-order chi connectivity index (χ1) is 13.0. The second kappa shape index (κ2) is 8.69. The van der Waals surface area contributed by atoms with Crippen LogP contribution in [-0.4, -0.2) is 27.8 Å². The number of nitrogens with zero attached hydrogens (tertiary/aromatic N) is 2. The van der Waals surface area contributed by atoms with Crippen LogP contribution in [0.15, 0.2) is 52.9 Å². The van der Waals surface area contributed by atoms with E-state index in [1.165, 1.54) is 36.4 Å². The molecule has 2 aromatic carbocycles. The van der Waals surface area contributed by atoms with Crippen molar-refractivity contribution in [1.82, 2.24) is 10.2 Å². The molecular formula is C17H12F2N4O2S2. The number of rotatable bonds is 6. The minimum Gasteiger partial charge on any atom is -0.323 e. The van der Waals surface area contributed by atoms with E-state index in [9.17, 15) is 18.4 Å². The topological polar surface area (TPSA) is 84.0 Å². The first-order valence-corrected chi connectivity index (χ1v) is 9.39. The number of para-hydroxylation sites is 1. The van der Waals surface area contributed by atoms with Gasteiger partial charge in [0, 0.05) is 5.56 Å². The maximum atomic E-state index is 13.5. The normalized spacial score (nSPS) is 10.4. The van der Waals surface area contributed by atoms with E-state index in [2.05, 4.69) is 20.8 Å². The Morgan fingerprint density at radius 1 is 1.04 bits per heavy atom. The fraction of sp³-hybridized carbons (Fsp3) is 0.0588. The first-order valence-electron chi connectivity index (χ1n) is 7.59. The van der Waals surface area contributed by atoms with E-state index in [0.29, 0.717) is 4.34 Å². The van der Waals surface area contributed by atoms with E-state index in [0.717, 1.165) is 29.2 Å².